The summed E-state index contributed by atoms with van der Waals surface area (Å²) in [6.07, 6.45) is 4.36. The highest BCUT2D eigenvalue weighted by Gasteiger charge is 2.37. The Balaban J connectivity index is 1.99. The number of carbonyl (C=O) groups excluding carboxylic acids is 1. The number of aliphatic hydroxyl groups is 1. The standard InChI is InChI=1S/C14H27N3O2/c1-11(10-18)16(2)14(19)13-4-3-9-17(13)12-5-7-15-8-6-12/h11-13,15,18H,3-10H2,1-2H3. The summed E-state index contributed by atoms with van der Waals surface area (Å²) in [6.45, 7) is 5.09. The van der Waals surface area contributed by atoms with Crippen molar-refractivity contribution in [1.82, 2.24) is 15.1 Å². The first kappa shape index (κ1) is 14.8. The van der Waals surface area contributed by atoms with Crippen molar-refractivity contribution in [3.63, 3.8) is 0 Å². The molecule has 5 nitrogen and oxygen atoms in total. The molecule has 2 atom stereocenters. The zero-order valence-corrected chi connectivity index (χ0v) is 12.1. The summed E-state index contributed by atoms with van der Waals surface area (Å²) in [6, 6.07) is 0.487. The maximum Gasteiger partial charge on any atom is 0.239 e. The fraction of sp³-hybridized carbons (Fsp3) is 0.929. The Morgan fingerprint density at radius 1 is 1.42 bits per heavy atom. The molecule has 2 aliphatic rings. The Bertz CT molecular complexity index is 305. The second-order valence-electron chi connectivity index (χ2n) is 5.86. The van der Waals surface area contributed by atoms with Gasteiger partial charge in [-0.15, -0.1) is 0 Å². The van der Waals surface area contributed by atoms with Gasteiger partial charge in [0.2, 0.25) is 5.91 Å². The number of likely N-dealkylation sites (N-methyl/N-ethyl adjacent to an activating group) is 1. The van der Waals surface area contributed by atoms with Crippen LogP contribution < -0.4 is 5.32 Å². The highest BCUT2D eigenvalue weighted by atomic mass is 16.3. The smallest absolute Gasteiger partial charge is 0.239 e. The average Bonchev–Trinajstić information content (AvgIpc) is 2.95. The minimum absolute atomic E-state index is 0.0297. The van der Waals surface area contributed by atoms with Crippen LogP contribution in [0.4, 0.5) is 0 Å². The SMILES string of the molecule is CC(CO)N(C)C(=O)C1CCCN1C1CCNCC1. The molecule has 0 bridgehead atoms. The van der Waals surface area contributed by atoms with E-state index in [4.69, 9.17) is 0 Å². The number of nitrogens with zero attached hydrogens (tertiary/aromatic N) is 2. The van der Waals surface area contributed by atoms with Gasteiger partial charge >= 0.3 is 0 Å². The van der Waals surface area contributed by atoms with Crippen LogP contribution in [-0.4, -0.2) is 72.2 Å². The molecule has 2 rings (SSSR count). The first-order valence-electron chi connectivity index (χ1n) is 7.49. The lowest BCUT2D eigenvalue weighted by Gasteiger charge is -2.37. The maximum absolute atomic E-state index is 12.6. The van der Waals surface area contributed by atoms with Crippen molar-refractivity contribution in [2.75, 3.05) is 33.3 Å². The van der Waals surface area contributed by atoms with Gasteiger partial charge in [0.25, 0.3) is 0 Å². The highest BCUT2D eigenvalue weighted by molar-refractivity contribution is 5.82. The molecule has 5 heteroatoms. The van der Waals surface area contributed by atoms with Gasteiger partial charge in [0.15, 0.2) is 0 Å². The third-order valence-electron chi connectivity index (χ3n) is 4.63. The summed E-state index contributed by atoms with van der Waals surface area (Å²) >= 11 is 0. The summed E-state index contributed by atoms with van der Waals surface area (Å²) in [5.41, 5.74) is 0. The molecule has 0 saturated carbocycles. The van der Waals surface area contributed by atoms with Crippen molar-refractivity contribution in [3.05, 3.63) is 0 Å². The molecule has 0 aromatic carbocycles. The van der Waals surface area contributed by atoms with Crippen molar-refractivity contribution in [2.45, 2.75) is 50.7 Å². The molecule has 0 aromatic rings. The van der Waals surface area contributed by atoms with Gasteiger partial charge in [-0.05, 0) is 52.2 Å². The van der Waals surface area contributed by atoms with Crippen LogP contribution in [0.25, 0.3) is 0 Å². The van der Waals surface area contributed by atoms with Crippen LogP contribution in [0.15, 0.2) is 0 Å². The van der Waals surface area contributed by atoms with Crippen molar-refractivity contribution in [1.29, 1.82) is 0 Å². The van der Waals surface area contributed by atoms with E-state index in [1.165, 1.54) is 0 Å². The van der Waals surface area contributed by atoms with Crippen LogP contribution in [0.3, 0.4) is 0 Å². The quantitative estimate of drug-likeness (QED) is 0.757. The van der Waals surface area contributed by atoms with E-state index in [1.54, 1.807) is 4.90 Å². The molecule has 0 aliphatic carbocycles. The molecule has 2 unspecified atom stereocenters. The van der Waals surface area contributed by atoms with Crippen LogP contribution in [0, 0.1) is 0 Å². The fourth-order valence-corrected chi connectivity index (χ4v) is 3.20. The average molecular weight is 269 g/mol. The van der Waals surface area contributed by atoms with Gasteiger partial charge in [0.1, 0.15) is 0 Å². The largest absolute Gasteiger partial charge is 0.394 e. The molecule has 0 radical (unpaired) electrons. The summed E-state index contributed by atoms with van der Waals surface area (Å²) < 4.78 is 0. The van der Waals surface area contributed by atoms with Gasteiger partial charge in [0, 0.05) is 13.1 Å². The number of carbonyl (C=O) groups is 1. The van der Waals surface area contributed by atoms with Crippen molar-refractivity contribution in [2.24, 2.45) is 0 Å². The van der Waals surface area contributed by atoms with E-state index in [9.17, 15) is 9.90 Å². The Morgan fingerprint density at radius 3 is 2.74 bits per heavy atom. The van der Waals surface area contributed by atoms with Gasteiger partial charge in [-0.3, -0.25) is 9.69 Å². The minimum Gasteiger partial charge on any atom is -0.394 e. The van der Waals surface area contributed by atoms with Crippen LogP contribution in [0.1, 0.15) is 32.6 Å². The Morgan fingerprint density at radius 2 is 2.11 bits per heavy atom. The highest BCUT2D eigenvalue weighted by Crippen LogP contribution is 2.25. The van der Waals surface area contributed by atoms with Crippen LogP contribution >= 0.6 is 0 Å². The Hall–Kier alpha value is -0.650. The van der Waals surface area contributed by atoms with Gasteiger partial charge in [0.05, 0.1) is 18.7 Å². The Kier molecular flexibility index (Phi) is 5.19. The number of piperidine rings is 1. The number of hydrogen-bond donors (Lipinski definition) is 2. The first-order valence-corrected chi connectivity index (χ1v) is 7.49. The molecule has 1 amide bonds. The monoisotopic (exact) mass is 269 g/mol. The number of aliphatic hydroxyl groups excluding tert-OH is 1. The van der Waals surface area contributed by atoms with Crippen LogP contribution in [0.2, 0.25) is 0 Å². The van der Waals surface area contributed by atoms with E-state index in [-0.39, 0.29) is 24.6 Å². The molecule has 19 heavy (non-hydrogen) atoms. The minimum atomic E-state index is -0.0945. The van der Waals surface area contributed by atoms with E-state index in [1.807, 2.05) is 14.0 Å². The summed E-state index contributed by atoms with van der Waals surface area (Å²) in [7, 11) is 1.81. The number of amides is 1. The molecule has 2 saturated heterocycles. The summed E-state index contributed by atoms with van der Waals surface area (Å²) in [5, 5.41) is 12.6. The normalized spacial score (nSPS) is 27.4. The van der Waals surface area contributed by atoms with Gasteiger partial charge in [-0.2, -0.15) is 0 Å². The van der Waals surface area contributed by atoms with E-state index in [0.29, 0.717) is 6.04 Å². The summed E-state index contributed by atoms with van der Waals surface area (Å²) in [5.74, 6) is 0.178. The Labute approximate surface area is 115 Å². The molecule has 2 aliphatic heterocycles. The second kappa shape index (κ2) is 6.68. The van der Waals surface area contributed by atoms with E-state index in [2.05, 4.69) is 10.2 Å². The number of hydrogen-bond acceptors (Lipinski definition) is 4. The molecule has 110 valence electrons. The van der Waals surface area contributed by atoms with Gasteiger partial charge < -0.3 is 15.3 Å². The number of nitrogens with one attached hydrogen (secondary N) is 1. The van der Waals surface area contributed by atoms with Crippen molar-refractivity contribution in [3.8, 4) is 0 Å². The number of likely N-dealkylation sites (tertiary alicyclic amines) is 1. The summed E-state index contributed by atoms with van der Waals surface area (Å²) in [4.78, 5) is 16.7. The fourth-order valence-electron chi connectivity index (χ4n) is 3.20. The molecule has 0 aromatic heterocycles. The lowest BCUT2D eigenvalue weighted by atomic mass is 10.0. The van der Waals surface area contributed by atoms with Crippen LogP contribution in [-0.2, 0) is 4.79 Å². The zero-order valence-electron chi connectivity index (χ0n) is 12.1. The molecular weight excluding hydrogens is 242 g/mol. The lowest BCUT2D eigenvalue weighted by Crippen LogP contribution is -2.52. The predicted molar refractivity (Wildman–Crippen MR) is 74.9 cm³/mol. The second-order valence-corrected chi connectivity index (χ2v) is 5.86. The molecule has 2 fully saturated rings. The first-order chi connectivity index (χ1) is 9.15. The zero-order chi connectivity index (χ0) is 13.8. The van der Waals surface area contributed by atoms with Gasteiger partial charge in [-0.1, -0.05) is 0 Å². The topological polar surface area (TPSA) is 55.8 Å². The third-order valence-corrected chi connectivity index (χ3v) is 4.63. The van der Waals surface area contributed by atoms with Crippen molar-refractivity contribution < 1.29 is 9.90 Å². The van der Waals surface area contributed by atoms with Gasteiger partial charge in [-0.25, -0.2) is 0 Å². The van der Waals surface area contributed by atoms with Crippen LogP contribution in [0.5, 0.6) is 0 Å². The molecular formula is C14H27N3O2. The molecule has 2 heterocycles. The lowest BCUT2D eigenvalue weighted by molar-refractivity contribution is -0.138. The van der Waals surface area contributed by atoms with E-state index in [0.717, 1.165) is 45.3 Å². The van der Waals surface area contributed by atoms with Crippen molar-refractivity contribution >= 4 is 5.91 Å². The maximum atomic E-state index is 12.6. The van der Waals surface area contributed by atoms with E-state index >= 15 is 0 Å². The number of rotatable bonds is 4. The third kappa shape index (κ3) is 3.27. The predicted octanol–water partition coefficient (Wildman–Crippen LogP) is 0.0420. The molecule has 2 N–H and O–H groups in total. The van der Waals surface area contributed by atoms with E-state index < -0.39 is 0 Å². The molecule has 0 spiro atoms.